The number of esters is 1. The van der Waals surface area contributed by atoms with Crippen LogP contribution in [0.15, 0.2) is 30.3 Å². The molecule has 0 saturated heterocycles. The van der Waals surface area contributed by atoms with Crippen molar-refractivity contribution in [1.82, 2.24) is 5.32 Å². The van der Waals surface area contributed by atoms with Gasteiger partial charge in [0.2, 0.25) is 5.91 Å². The Bertz CT molecular complexity index is 656. The molecule has 2 aliphatic carbocycles. The highest BCUT2D eigenvalue weighted by Crippen LogP contribution is 2.51. The number of nitrogens with one attached hydrogen (secondary N) is 1. The quantitative estimate of drug-likeness (QED) is 0.870. The molecular formula is C19H23NO3. The average Bonchev–Trinajstić information content (AvgIpc) is 3.10. The highest BCUT2D eigenvalue weighted by molar-refractivity contribution is 5.82. The van der Waals surface area contributed by atoms with Gasteiger partial charge in [0.1, 0.15) is 6.10 Å². The van der Waals surface area contributed by atoms with Crippen molar-refractivity contribution in [2.24, 2.45) is 0 Å². The molecule has 0 aromatic heterocycles. The number of fused-ring (bicyclic) bond motifs is 2. The zero-order chi connectivity index (χ0) is 16.4. The van der Waals surface area contributed by atoms with Gasteiger partial charge in [-0.05, 0) is 29.5 Å². The highest BCUT2D eigenvalue weighted by atomic mass is 16.5. The number of amides is 1. The molecule has 23 heavy (non-hydrogen) atoms. The largest absolute Gasteiger partial charge is 0.456 e. The zero-order valence-corrected chi connectivity index (χ0v) is 13.7. The molecule has 0 radical (unpaired) electrons. The van der Waals surface area contributed by atoms with Crippen molar-refractivity contribution >= 4 is 17.4 Å². The number of hydrogen-bond acceptors (Lipinski definition) is 3. The number of allylic oxidation sites excluding steroid dienone is 1. The lowest BCUT2D eigenvalue weighted by Crippen LogP contribution is -2.34. The Morgan fingerprint density at radius 2 is 1.91 bits per heavy atom. The molecule has 1 fully saturated rings. The first kappa shape index (κ1) is 15.8. The van der Waals surface area contributed by atoms with E-state index in [9.17, 15) is 9.59 Å². The van der Waals surface area contributed by atoms with Crippen LogP contribution >= 0.6 is 0 Å². The minimum absolute atomic E-state index is 0.0839. The summed E-state index contributed by atoms with van der Waals surface area (Å²) in [7, 11) is 0. The van der Waals surface area contributed by atoms with E-state index in [0.29, 0.717) is 6.54 Å². The van der Waals surface area contributed by atoms with Gasteiger partial charge in [-0.25, -0.2) is 0 Å². The molecule has 0 aliphatic heterocycles. The molecule has 2 aliphatic rings. The summed E-state index contributed by atoms with van der Waals surface area (Å²) in [4.78, 5) is 22.8. The van der Waals surface area contributed by atoms with E-state index in [-0.39, 0.29) is 17.3 Å². The van der Waals surface area contributed by atoms with Crippen LogP contribution in [0.3, 0.4) is 0 Å². The van der Waals surface area contributed by atoms with Crippen LogP contribution in [0.4, 0.5) is 0 Å². The van der Waals surface area contributed by atoms with Gasteiger partial charge in [-0.2, -0.15) is 0 Å². The summed E-state index contributed by atoms with van der Waals surface area (Å²) in [5.41, 5.74) is 3.62. The lowest BCUT2D eigenvalue weighted by Gasteiger charge is -2.22. The molecule has 1 unspecified atom stereocenters. The molecule has 1 spiro atoms. The minimum Gasteiger partial charge on any atom is -0.456 e. The van der Waals surface area contributed by atoms with E-state index in [1.807, 2.05) is 6.07 Å². The van der Waals surface area contributed by atoms with Crippen molar-refractivity contribution in [3.05, 3.63) is 41.5 Å². The van der Waals surface area contributed by atoms with Gasteiger partial charge in [-0.15, -0.1) is 0 Å². The summed E-state index contributed by atoms with van der Waals surface area (Å²) in [6, 6.07) is 8.38. The van der Waals surface area contributed by atoms with Gasteiger partial charge in [-0.1, -0.05) is 43.2 Å². The molecule has 1 amide bonds. The van der Waals surface area contributed by atoms with E-state index in [1.54, 1.807) is 0 Å². The maximum Gasteiger partial charge on any atom is 0.303 e. The normalized spacial score (nSPS) is 19.1. The van der Waals surface area contributed by atoms with E-state index in [4.69, 9.17) is 4.74 Å². The fraction of sp³-hybridized carbons (Fsp3) is 0.474. The second-order valence-electron chi connectivity index (χ2n) is 6.54. The van der Waals surface area contributed by atoms with Gasteiger partial charge in [0, 0.05) is 19.3 Å². The average molecular weight is 313 g/mol. The van der Waals surface area contributed by atoms with Crippen LogP contribution in [0.2, 0.25) is 0 Å². The third-order valence-electron chi connectivity index (χ3n) is 4.89. The SMILES string of the molecule is CC(=O)NCC(OC(C)=O)C1=CC2(CCCC2)c2ccccc21. The van der Waals surface area contributed by atoms with Gasteiger partial charge >= 0.3 is 5.97 Å². The molecule has 1 atom stereocenters. The Kier molecular flexibility index (Phi) is 4.24. The first-order chi connectivity index (χ1) is 11.0. The van der Waals surface area contributed by atoms with Gasteiger partial charge < -0.3 is 10.1 Å². The molecule has 1 aromatic carbocycles. The Balaban J connectivity index is 1.97. The van der Waals surface area contributed by atoms with Crippen LogP contribution in [0, 0.1) is 0 Å². The van der Waals surface area contributed by atoms with Crippen molar-refractivity contribution in [2.75, 3.05) is 6.54 Å². The van der Waals surface area contributed by atoms with Gasteiger partial charge in [-0.3, -0.25) is 9.59 Å². The lowest BCUT2D eigenvalue weighted by atomic mass is 9.81. The standard InChI is InChI=1S/C19H23NO3/c1-13(21)20-12-18(23-14(2)22)16-11-19(9-5-6-10-19)17-8-4-3-7-15(16)17/h3-4,7-8,11,18H,5-6,9-10,12H2,1-2H3,(H,20,21). The van der Waals surface area contributed by atoms with Crippen molar-refractivity contribution in [3.8, 4) is 0 Å². The number of rotatable bonds is 4. The third kappa shape index (κ3) is 3.03. The summed E-state index contributed by atoms with van der Waals surface area (Å²) in [5.74, 6) is -0.448. The second-order valence-corrected chi connectivity index (χ2v) is 6.54. The first-order valence-corrected chi connectivity index (χ1v) is 8.26. The molecule has 4 heteroatoms. The fourth-order valence-corrected chi connectivity index (χ4v) is 3.96. The van der Waals surface area contributed by atoms with E-state index in [2.05, 4.69) is 29.6 Å². The summed E-state index contributed by atoms with van der Waals surface area (Å²) >= 11 is 0. The molecule has 1 N–H and O–H groups in total. The summed E-state index contributed by atoms with van der Waals surface area (Å²) < 4.78 is 5.52. The second kappa shape index (κ2) is 6.19. The van der Waals surface area contributed by atoms with E-state index >= 15 is 0 Å². The van der Waals surface area contributed by atoms with Crippen LogP contribution < -0.4 is 5.32 Å². The molecule has 0 bridgehead atoms. The number of benzene rings is 1. The van der Waals surface area contributed by atoms with E-state index < -0.39 is 6.10 Å². The van der Waals surface area contributed by atoms with Crippen molar-refractivity contribution in [1.29, 1.82) is 0 Å². The molecule has 1 saturated carbocycles. The Hall–Kier alpha value is -2.10. The number of carbonyl (C=O) groups is 2. The smallest absolute Gasteiger partial charge is 0.303 e. The molecular weight excluding hydrogens is 290 g/mol. The number of ether oxygens (including phenoxy) is 1. The molecule has 4 nitrogen and oxygen atoms in total. The number of carbonyl (C=O) groups excluding carboxylic acids is 2. The summed E-state index contributed by atoms with van der Waals surface area (Å²) in [6.07, 6.45) is 6.59. The topological polar surface area (TPSA) is 55.4 Å². The predicted molar refractivity (Wildman–Crippen MR) is 88.8 cm³/mol. The maximum atomic E-state index is 11.5. The Morgan fingerprint density at radius 3 is 2.57 bits per heavy atom. The van der Waals surface area contributed by atoms with Crippen molar-refractivity contribution in [3.63, 3.8) is 0 Å². The fourth-order valence-electron chi connectivity index (χ4n) is 3.96. The van der Waals surface area contributed by atoms with E-state index in [1.165, 1.54) is 32.3 Å². The highest BCUT2D eigenvalue weighted by Gasteiger charge is 2.42. The molecule has 3 rings (SSSR count). The summed E-state index contributed by atoms with van der Waals surface area (Å²) in [5, 5.41) is 2.78. The zero-order valence-electron chi connectivity index (χ0n) is 13.7. The monoisotopic (exact) mass is 313 g/mol. The minimum atomic E-state index is -0.433. The van der Waals surface area contributed by atoms with Gasteiger partial charge in [0.15, 0.2) is 0 Å². The Labute approximate surface area is 136 Å². The predicted octanol–water partition coefficient (Wildman–Crippen LogP) is 2.96. The van der Waals surface area contributed by atoms with Crippen molar-refractivity contribution < 1.29 is 14.3 Å². The summed E-state index contributed by atoms with van der Waals surface area (Å²) in [6.45, 7) is 3.19. The maximum absolute atomic E-state index is 11.5. The third-order valence-corrected chi connectivity index (χ3v) is 4.89. The molecule has 0 heterocycles. The van der Waals surface area contributed by atoms with Crippen LogP contribution in [0.25, 0.3) is 5.57 Å². The molecule has 122 valence electrons. The number of hydrogen-bond donors (Lipinski definition) is 1. The first-order valence-electron chi connectivity index (χ1n) is 8.26. The van der Waals surface area contributed by atoms with Crippen LogP contribution in [0.5, 0.6) is 0 Å². The lowest BCUT2D eigenvalue weighted by molar-refractivity contribution is -0.144. The van der Waals surface area contributed by atoms with Crippen LogP contribution in [0.1, 0.15) is 50.7 Å². The van der Waals surface area contributed by atoms with E-state index in [0.717, 1.165) is 24.0 Å². The Morgan fingerprint density at radius 1 is 1.22 bits per heavy atom. The van der Waals surface area contributed by atoms with Crippen LogP contribution in [-0.4, -0.2) is 24.5 Å². The van der Waals surface area contributed by atoms with Crippen molar-refractivity contribution in [2.45, 2.75) is 51.0 Å². The van der Waals surface area contributed by atoms with Gasteiger partial charge in [0.25, 0.3) is 0 Å². The van der Waals surface area contributed by atoms with Crippen LogP contribution in [-0.2, 0) is 19.7 Å². The van der Waals surface area contributed by atoms with Gasteiger partial charge in [0.05, 0.1) is 6.54 Å². The molecule has 1 aromatic rings.